The highest BCUT2D eigenvalue weighted by atomic mass is 35.5. The Morgan fingerprint density at radius 3 is 2.77 bits per heavy atom. The molecule has 1 atom stereocenters. The second kappa shape index (κ2) is 7.01. The summed E-state index contributed by atoms with van der Waals surface area (Å²) in [7, 11) is 1.67. The Hall–Kier alpha value is -2.51. The fourth-order valence-electron chi connectivity index (χ4n) is 2.68. The van der Waals surface area contributed by atoms with Crippen LogP contribution in [0.4, 0.5) is 14.5 Å². The Balaban J connectivity index is 1.75. The van der Waals surface area contributed by atoms with Crippen molar-refractivity contribution in [2.24, 2.45) is 4.99 Å². The summed E-state index contributed by atoms with van der Waals surface area (Å²) < 4.78 is 26.6. The third-order valence-electron chi connectivity index (χ3n) is 3.75. The molecule has 0 saturated heterocycles. The topological polar surface area (TPSA) is 53.9 Å². The van der Waals surface area contributed by atoms with Crippen LogP contribution in [0.25, 0.3) is 0 Å². The number of hydrogen-bond acceptors (Lipinski definition) is 4. The average molecular weight is 380 g/mol. The van der Waals surface area contributed by atoms with Crippen molar-refractivity contribution in [2.45, 2.75) is 19.1 Å². The van der Waals surface area contributed by atoms with Gasteiger partial charge in [-0.05, 0) is 31.2 Å². The van der Waals surface area contributed by atoms with E-state index in [2.05, 4.69) is 10.3 Å². The highest BCUT2D eigenvalue weighted by Crippen LogP contribution is 2.29. The van der Waals surface area contributed by atoms with E-state index in [1.807, 2.05) is 6.07 Å². The largest absolute Gasteiger partial charge is 0.323 e. The van der Waals surface area contributed by atoms with Crippen LogP contribution in [0.1, 0.15) is 18.9 Å². The van der Waals surface area contributed by atoms with E-state index in [9.17, 15) is 13.6 Å². The minimum absolute atomic E-state index is 0.106. The first-order chi connectivity index (χ1) is 12.3. The van der Waals surface area contributed by atoms with Crippen LogP contribution in [0.5, 0.6) is 0 Å². The van der Waals surface area contributed by atoms with Gasteiger partial charge in [0, 0.05) is 23.7 Å². The Kier molecular flexibility index (Phi) is 4.93. The first-order valence-electron chi connectivity index (χ1n) is 7.79. The van der Waals surface area contributed by atoms with Crippen molar-refractivity contribution in [1.29, 1.82) is 0 Å². The zero-order chi connectivity index (χ0) is 18.9. The number of anilines is 1. The second-order valence-electron chi connectivity index (χ2n) is 6.06. The minimum atomic E-state index is -1.16. The summed E-state index contributed by atoms with van der Waals surface area (Å²) in [5, 5.41) is 4.41. The molecule has 1 amide bonds. The van der Waals surface area contributed by atoms with E-state index in [-0.39, 0.29) is 12.1 Å². The van der Waals surface area contributed by atoms with Crippen LogP contribution in [0.2, 0.25) is 5.02 Å². The zero-order valence-corrected chi connectivity index (χ0v) is 14.8. The number of rotatable bonds is 4. The number of benzene rings is 2. The third-order valence-corrected chi connectivity index (χ3v) is 3.99. The Labute approximate surface area is 154 Å². The maximum absolute atomic E-state index is 13.7. The molecule has 1 unspecified atom stereocenters. The molecule has 8 heteroatoms. The van der Waals surface area contributed by atoms with Crippen molar-refractivity contribution in [3.05, 3.63) is 64.7 Å². The standard InChI is InChI=1S/C18H16ClF2N3O2/c1-18(10-16(25)22-15-7-6-13(20)9-14(15)21)23-17(24(2)26-18)11-4-3-5-12(19)8-11/h3-9H,10H2,1-2H3,(H,22,25). The molecule has 1 aliphatic rings. The molecule has 0 bridgehead atoms. The normalized spacial score (nSPS) is 19.4. The Bertz CT molecular complexity index is 890. The van der Waals surface area contributed by atoms with E-state index < -0.39 is 23.3 Å². The van der Waals surface area contributed by atoms with Gasteiger partial charge in [-0.15, -0.1) is 0 Å². The summed E-state index contributed by atoms with van der Waals surface area (Å²) in [4.78, 5) is 22.4. The number of amides is 1. The molecule has 136 valence electrons. The predicted molar refractivity (Wildman–Crippen MR) is 94.8 cm³/mol. The van der Waals surface area contributed by atoms with Crippen LogP contribution >= 0.6 is 11.6 Å². The lowest BCUT2D eigenvalue weighted by Gasteiger charge is -2.21. The van der Waals surface area contributed by atoms with Crippen molar-refractivity contribution in [1.82, 2.24) is 5.06 Å². The maximum Gasteiger partial charge on any atom is 0.229 e. The van der Waals surface area contributed by atoms with Crippen LogP contribution < -0.4 is 5.32 Å². The summed E-state index contributed by atoms with van der Waals surface area (Å²) >= 11 is 6.00. The monoisotopic (exact) mass is 379 g/mol. The van der Waals surface area contributed by atoms with Crippen LogP contribution in [0.3, 0.4) is 0 Å². The minimum Gasteiger partial charge on any atom is -0.323 e. The molecule has 5 nitrogen and oxygen atoms in total. The summed E-state index contributed by atoms with van der Waals surface area (Å²) in [6.45, 7) is 1.64. The van der Waals surface area contributed by atoms with Gasteiger partial charge in [0.2, 0.25) is 5.91 Å². The number of amidine groups is 1. The van der Waals surface area contributed by atoms with Crippen molar-refractivity contribution in [3.63, 3.8) is 0 Å². The van der Waals surface area contributed by atoms with Gasteiger partial charge in [-0.3, -0.25) is 4.79 Å². The molecular formula is C18H16ClF2N3O2. The molecule has 0 aromatic heterocycles. The number of carbonyl (C=O) groups is 1. The SMILES string of the molecule is CN1OC(C)(CC(=O)Nc2ccc(F)cc2F)N=C1c1cccc(Cl)c1. The van der Waals surface area contributed by atoms with E-state index in [1.165, 1.54) is 5.06 Å². The van der Waals surface area contributed by atoms with Gasteiger partial charge >= 0.3 is 0 Å². The molecule has 2 aromatic rings. The molecule has 26 heavy (non-hydrogen) atoms. The number of aliphatic imine (C=N–C) groups is 1. The molecule has 0 aliphatic carbocycles. The van der Waals surface area contributed by atoms with Crippen LogP contribution in [-0.4, -0.2) is 29.6 Å². The van der Waals surface area contributed by atoms with E-state index in [4.69, 9.17) is 16.4 Å². The summed E-state index contributed by atoms with van der Waals surface area (Å²) in [6, 6.07) is 10.0. The van der Waals surface area contributed by atoms with E-state index in [0.29, 0.717) is 16.9 Å². The summed E-state index contributed by atoms with van der Waals surface area (Å²) in [5.74, 6) is -1.56. The molecule has 1 heterocycles. The van der Waals surface area contributed by atoms with E-state index in [0.717, 1.165) is 17.7 Å². The lowest BCUT2D eigenvalue weighted by atomic mass is 10.1. The number of hydroxylamine groups is 2. The fourth-order valence-corrected chi connectivity index (χ4v) is 2.87. The van der Waals surface area contributed by atoms with Gasteiger partial charge in [-0.25, -0.2) is 23.7 Å². The van der Waals surface area contributed by atoms with Crippen molar-refractivity contribution >= 4 is 29.0 Å². The number of nitrogens with zero attached hydrogens (tertiary/aromatic N) is 2. The van der Waals surface area contributed by atoms with Crippen LogP contribution in [-0.2, 0) is 9.63 Å². The van der Waals surface area contributed by atoms with Gasteiger partial charge in [0.15, 0.2) is 11.6 Å². The first-order valence-corrected chi connectivity index (χ1v) is 8.17. The second-order valence-corrected chi connectivity index (χ2v) is 6.50. The third kappa shape index (κ3) is 4.00. The Morgan fingerprint density at radius 1 is 1.31 bits per heavy atom. The first kappa shape index (κ1) is 18.3. The molecule has 3 rings (SSSR count). The molecule has 0 spiro atoms. The highest BCUT2D eigenvalue weighted by molar-refractivity contribution is 6.31. The smallest absolute Gasteiger partial charge is 0.229 e. The Morgan fingerprint density at radius 2 is 2.08 bits per heavy atom. The molecule has 0 radical (unpaired) electrons. The van der Waals surface area contributed by atoms with Gasteiger partial charge in [-0.2, -0.15) is 0 Å². The molecule has 0 fully saturated rings. The lowest BCUT2D eigenvalue weighted by Crippen LogP contribution is -2.32. The zero-order valence-electron chi connectivity index (χ0n) is 14.1. The number of hydrogen-bond donors (Lipinski definition) is 1. The van der Waals surface area contributed by atoms with Crippen molar-refractivity contribution in [2.75, 3.05) is 12.4 Å². The molecule has 0 saturated carbocycles. The van der Waals surface area contributed by atoms with E-state index in [1.54, 1.807) is 32.2 Å². The van der Waals surface area contributed by atoms with E-state index >= 15 is 0 Å². The van der Waals surface area contributed by atoms with Crippen molar-refractivity contribution in [3.8, 4) is 0 Å². The fraction of sp³-hybridized carbons (Fsp3) is 0.222. The maximum atomic E-state index is 13.7. The lowest BCUT2D eigenvalue weighted by molar-refractivity contribution is -0.164. The average Bonchev–Trinajstić information content (AvgIpc) is 2.84. The summed E-state index contributed by atoms with van der Waals surface area (Å²) in [6.07, 6.45) is -0.155. The molecule has 1 N–H and O–H groups in total. The van der Waals surface area contributed by atoms with Gasteiger partial charge < -0.3 is 5.32 Å². The molecule has 1 aliphatic heterocycles. The quantitative estimate of drug-likeness (QED) is 0.874. The predicted octanol–water partition coefficient (Wildman–Crippen LogP) is 3.99. The van der Waals surface area contributed by atoms with Gasteiger partial charge in [0.1, 0.15) is 11.6 Å². The van der Waals surface area contributed by atoms with Gasteiger partial charge in [0.05, 0.1) is 12.1 Å². The number of halogens is 3. The molecule has 2 aromatic carbocycles. The van der Waals surface area contributed by atoms with Gasteiger partial charge in [0.25, 0.3) is 0 Å². The number of carbonyl (C=O) groups excluding carboxylic acids is 1. The number of nitrogens with one attached hydrogen (secondary N) is 1. The molecular weight excluding hydrogens is 364 g/mol. The van der Waals surface area contributed by atoms with Crippen molar-refractivity contribution < 1.29 is 18.4 Å². The summed E-state index contributed by atoms with van der Waals surface area (Å²) in [5.41, 5.74) is -0.522. The van der Waals surface area contributed by atoms with Crippen LogP contribution in [0.15, 0.2) is 47.5 Å². The van der Waals surface area contributed by atoms with Crippen LogP contribution in [0, 0.1) is 11.6 Å². The highest BCUT2D eigenvalue weighted by Gasteiger charge is 2.38. The van der Waals surface area contributed by atoms with Gasteiger partial charge in [-0.1, -0.05) is 23.7 Å².